The number of hydrogen-bond acceptors (Lipinski definition) is 6. The third kappa shape index (κ3) is 4.00. The lowest BCUT2D eigenvalue weighted by Gasteiger charge is -2.14. The van der Waals surface area contributed by atoms with E-state index in [2.05, 4.69) is 0 Å². The predicted octanol–water partition coefficient (Wildman–Crippen LogP) is 4.62. The number of hydrogen-bond donors (Lipinski definition) is 0. The number of nitrogens with zero attached hydrogens (tertiary/aromatic N) is 1. The summed E-state index contributed by atoms with van der Waals surface area (Å²) in [4.78, 5) is 22.0. The molecule has 0 radical (unpaired) electrons. The van der Waals surface area contributed by atoms with Crippen LogP contribution in [0.15, 0.2) is 45.6 Å². The van der Waals surface area contributed by atoms with Crippen molar-refractivity contribution in [3.05, 3.63) is 73.6 Å². The quantitative estimate of drug-likeness (QED) is 0.347. The molecule has 0 fully saturated rings. The van der Waals surface area contributed by atoms with Crippen molar-refractivity contribution in [3.63, 3.8) is 0 Å². The first kappa shape index (κ1) is 20.2. The molecule has 10 heteroatoms. The number of aryl methyl sites for hydroxylation is 1. The van der Waals surface area contributed by atoms with E-state index in [1.165, 1.54) is 38.3 Å². The molecule has 3 rings (SSSR count). The van der Waals surface area contributed by atoms with Gasteiger partial charge in [-0.3, -0.25) is 10.1 Å². The molecule has 0 saturated carbocycles. The number of benzene rings is 2. The molecule has 0 aliphatic carbocycles. The van der Waals surface area contributed by atoms with Crippen molar-refractivity contribution in [2.45, 2.75) is 19.7 Å². The smallest absolute Gasteiger partial charge is 0.417 e. The Labute approximate surface area is 161 Å². The minimum Gasteiger partial charge on any atom is -0.496 e. The largest absolute Gasteiger partial charge is 0.496 e. The Morgan fingerprint density at radius 3 is 2.45 bits per heavy atom. The first-order valence-corrected chi connectivity index (χ1v) is 8.20. The van der Waals surface area contributed by atoms with Crippen LogP contribution in [0.5, 0.6) is 11.5 Å². The summed E-state index contributed by atoms with van der Waals surface area (Å²) < 4.78 is 55.4. The van der Waals surface area contributed by atoms with E-state index in [0.29, 0.717) is 17.4 Å². The molecule has 7 nitrogen and oxygen atoms in total. The third-order valence-electron chi connectivity index (χ3n) is 4.27. The number of ether oxygens (including phenoxy) is 2. The molecular weight excluding hydrogens is 395 g/mol. The molecule has 0 N–H and O–H groups in total. The molecule has 0 amide bonds. The zero-order chi connectivity index (χ0) is 21.3. The van der Waals surface area contributed by atoms with Crippen molar-refractivity contribution in [3.8, 4) is 11.5 Å². The summed E-state index contributed by atoms with van der Waals surface area (Å²) in [7, 11) is 1.39. The van der Waals surface area contributed by atoms with Crippen LogP contribution in [0.3, 0.4) is 0 Å². The van der Waals surface area contributed by atoms with Gasteiger partial charge in [-0.15, -0.1) is 0 Å². The van der Waals surface area contributed by atoms with Crippen LogP contribution in [0.4, 0.5) is 18.9 Å². The van der Waals surface area contributed by atoms with E-state index in [0.717, 1.165) is 6.07 Å². The van der Waals surface area contributed by atoms with Crippen LogP contribution in [-0.4, -0.2) is 12.0 Å². The maximum absolute atomic E-state index is 13.2. The number of non-ortho nitro benzene ring substituents is 1. The molecule has 1 aromatic heterocycles. The van der Waals surface area contributed by atoms with Crippen LogP contribution in [-0.2, 0) is 12.8 Å². The summed E-state index contributed by atoms with van der Waals surface area (Å²) in [5.74, 6) is 0.508. The van der Waals surface area contributed by atoms with Crippen molar-refractivity contribution in [2.75, 3.05) is 7.11 Å². The van der Waals surface area contributed by atoms with E-state index >= 15 is 0 Å². The summed E-state index contributed by atoms with van der Waals surface area (Å²) in [6.45, 7) is 1.30. The summed E-state index contributed by atoms with van der Waals surface area (Å²) >= 11 is 0. The lowest BCUT2D eigenvalue weighted by Crippen LogP contribution is -2.11. The summed E-state index contributed by atoms with van der Waals surface area (Å²) in [5, 5.41) is 10.7. The molecular formula is C19H14F3NO6. The molecule has 0 aliphatic rings. The van der Waals surface area contributed by atoms with E-state index in [1.807, 2.05) is 0 Å². The second-order valence-electron chi connectivity index (χ2n) is 6.08. The highest BCUT2D eigenvalue weighted by atomic mass is 19.4. The maximum atomic E-state index is 13.2. The van der Waals surface area contributed by atoms with Crippen LogP contribution >= 0.6 is 0 Å². The molecule has 0 spiro atoms. The van der Waals surface area contributed by atoms with Gasteiger partial charge in [-0.05, 0) is 25.1 Å². The number of methoxy groups -OCH3 is 1. The third-order valence-corrected chi connectivity index (χ3v) is 4.27. The van der Waals surface area contributed by atoms with Crippen molar-refractivity contribution in [1.82, 2.24) is 0 Å². The highest BCUT2D eigenvalue weighted by molar-refractivity contribution is 5.85. The van der Waals surface area contributed by atoms with Crippen LogP contribution in [0.25, 0.3) is 11.0 Å². The molecule has 0 unspecified atom stereocenters. The molecule has 1 heterocycles. The average molecular weight is 409 g/mol. The number of halogens is 3. The predicted molar refractivity (Wildman–Crippen MR) is 96.2 cm³/mol. The molecule has 0 atom stereocenters. The van der Waals surface area contributed by atoms with Crippen molar-refractivity contribution >= 4 is 16.7 Å². The van der Waals surface area contributed by atoms with Gasteiger partial charge in [0.15, 0.2) is 0 Å². The Morgan fingerprint density at radius 2 is 1.83 bits per heavy atom. The molecule has 0 saturated heterocycles. The minimum atomic E-state index is -4.72. The zero-order valence-corrected chi connectivity index (χ0v) is 15.2. The van der Waals surface area contributed by atoms with Gasteiger partial charge in [-0.25, -0.2) is 4.79 Å². The van der Waals surface area contributed by atoms with E-state index in [9.17, 15) is 28.1 Å². The Morgan fingerprint density at radius 1 is 1.14 bits per heavy atom. The fourth-order valence-electron chi connectivity index (χ4n) is 2.88. The van der Waals surface area contributed by atoms with Gasteiger partial charge in [0.05, 0.1) is 17.6 Å². The molecule has 2 aromatic carbocycles. The van der Waals surface area contributed by atoms with Gasteiger partial charge in [-0.1, -0.05) is 0 Å². The lowest BCUT2D eigenvalue weighted by atomic mass is 10.1. The summed E-state index contributed by atoms with van der Waals surface area (Å²) in [5.41, 5.74) is -2.08. The molecule has 0 bridgehead atoms. The topological polar surface area (TPSA) is 91.8 Å². The summed E-state index contributed by atoms with van der Waals surface area (Å²) in [6.07, 6.45) is -4.72. The normalized spacial score (nSPS) is 11.5. The Hall–Kier alpha value is -3.56. The number of alkyl halides is 3. The minimum absolute atomic E-state index is 0.152. The van der Waals surface area contributed by atoms with Gasteiger partial charge >= 0.3 is 11.8 Å². The molecule has 152 valence electrons. The fourth-order valence-corrected chi connectivity index (χ4v) is 2.88. The standard InChI is InChI=1S/C19H14F3NO6/c1-10-15(28-9-11-7-12(23(25)26)3-5-16(11)27-2)6-4-13-14(19(20,21)22)8-17(24)29-18(10)13/h3-8H,9H2,1-2H3. The zero-order valence-electron chi connectivity index (χ0n) is 15.2. The van der Waals surface area contributed by atoms with Crippen molar-refractivity contribution < 1.29 is 32.0 Å². The van der Waals surface area contributed by atoms with Crippen LogP contribution < -0.4 is 15.1 Å². The van der Waals surface area contributed by atoms with Gasteiger partial charge in [0.2, 0.25) is 0 Å². The van der Waals surface area contributed by atoms with Crippen LogP contribution in [0, 0.1) is 17.0 Å². The molecule has 29 heavy (non-hydrogen) atoms. The van der Waals surface area contributed by atoms with Gasteiger partial charge in [0, 0.05) is 34.7 Å². The van der Waals surface area contributed by atoms with E-state index in [1.54, 1.807) is 0 Å². The second-order valence-corrected chi connectivity index (χ2v) is 6.08. The number of nitro benzene ring substituents is 1. The van der Waals surface area contributed by atoms with E-state index in [-0.39, 0.29) is 34.6 Å². The van der Waals surface area contributed by atoms with Gasteiger partial charge in [-0.2, -0.15) is 13.2 Å². The van der Waals surface area contributed by atoms with Gasteiger partial charge in [0.1, 0.15) is 23.7 Å². The SMILES string of the molecule is COc1ccc([N+](=O)[O-])cc1COc1ccc2c(C(F)(F)F)cc(=O)oc2c1C. The summed E-state index contributed by atoms with van der Waals surface area (Å²) in [6, 6.07) is 6.83. The second kappa shape index (κ2) is 7.46. The molecule has 3 aromatic rings. The first-order valence-electron chi connectivity index (χ1n) is 8.20. The van der Waals surface area contributed by atoms with Crippen molar-refractivity contribution in [2.24, 2.45) is 0 Å². The monoisotopic (exact) mass is 409 g/mol. The number of fused-ring (bicyclic) bond motifs is 1. The molecule has 0 aliphatic heterocycles. The van der Waals surface area contributed by atoms with Crippen LogP contribution in [0.1, 0.15) is 16.7 Å². The van der Waals surface area contributed by atoms with Crippen molar-refractivity contribution in [1.29, 1.82) is 0 Å². The van der Waals surface area contributed by atoms with E-state index in [4.69, 9.17) is 13.9 Å². The van der Waals surface area contributed by atoms with E-state index < -0.39 is 22.3 Å². The van der Waals surface area contributed by atoms with Gasteiger partial charge in [0.25, 0.3) is 5.69 Å². The Bertz CT molecular complexity index is 1150. The lowest BCUT2D eigenvalue weighted by molar-refractivity contribution is -0.385. The highest BCUT2D eigenvalue weighted by Gasteiger charge is 2.34. The average Bonchev–Trinajstić information content (AvgIpc) is 2.66. The first-order chi connectivity index (χ1) is 13.6. The Balaban J connectivity index is 2.00. The highest BCUT2D eigenvalue weighted by Crippen LogP contribution is 2.37. The van der Waals surface area contributed by atoms with Gasteiger partial charge < -0.3 is 13.9 Å². The number of rotatable bonds is 5. The number of nitro groups is 1. The maximum Gasteiger partial charge on any atom is 0.417 e. The van der Waals surface area contributed by atoms with Crippen LogP contribution in [0.2, 0.25) is 0 Å². The fraction of sp³-hybridized carbons (Fsp3) is 0.211. The Kier molecular flexibility index (Phi) is 5.19.